The maximum atomic E-state index is 11.9. The number of carboxylic acids is 1. The molecule has 96 valence electrons. The number of hydrogen-bond donors (Lipinski definition) is 2. The third kappa shape index (κ3) is 3.12. The van der Waals surface area contributed by atoms with Crippen LogP contribution in [-0.2, 0) is 0 Å². The van der Waals surface area contributed by atoms with Crippen molar-refractivity contribution in [2.45, 2.75) is 6.92 Å². The maximum Gasteiger partial charge on any atom is 0.354 e. The third-order valence-corrected chi connectivity index (χ3v) is 2.37. The minimum Gasteiger partial charge on any atom is -0.477 e. The van der Waals surface area contributed by atoms with Gasteiger partial charge in [-0.05, 0) is 31.2 Å². The van der Waals surface area contributed by atoms with Crippen LogP contribution in [0.4, 0.5) is 5.82 Å². The molecule has 0 aliphatic rings. The number of aryl methyl sites for hydroxylation is 1. The average Bonchev–Trinajstić information content (AvgIpc) is 2.39. The summed E-state index contributed by atoms with van der Waals surface area (Å²) < 4.78 is 0. The molecule has 0 aliphatic heterocycles. The Morgan fingerprint density at radius 3 is 2.74 bits per heavy atom. The summed E-state index contributed by atoms with van der Waals surface area (Å²) in [6, 6.07) is 7.90. The van der Waals surface area contributed by atoms with Crippen molar-refractivity contribution in [2.75, 3.05) is 5.32 Å². The fourth-order valence-electron chi connectivity index (χ4n) is 1.49. The van der Waals surface area contributed by atoms with Gasteiger partial charge in [-0.25, -0.2) is 14.8 Å². The highest BCUT2D eigenvalue weighted by Gasteiger charge is 2.11. The monoisotopic (exact) mass is 257 g/mol. The van der Waals surface area contributed by atoms with E-state index in [4.69, 9.17) is 5.11 Å². The lowest BCUT2D eigenvalue weighted by molar-refractivity contribution is 0.0690. The number of carboxylic acid groups (broad SMARTS) is 1. The highest BCUT2D eigenvalue weighted by Crippen LogP contribution is 2.08. The topological polar surface area (TPSA) is 92.2 Å². The van der Waals surface area contributed by atoms with E-state index in [0.717, 1.165) is 5.69 Å². The normalized spacial score (nSPS) is 9.95. The summed E-state index contributed by atoms with van der Waals surface area (Å²) in [5, 5.41) is 11.4. The molecular formula is C13H11N3O3. The number of anilines is 1. The van der Waals surface area contributed by atoms with Crippen LogP contribution in [0.3, 0.4) is 0 Å². The Kier molecular flexibility index (Phi) is 3.51. The van der Waals surface area contributed by atoms with Gasteiger partial charge in [0.2, 0.25) is 0 Å². The molecule has 6 heteroatoms. The van der Waals surface area contributed by atoms with Crippen LogP contribution in [0.1, 0.15) is 26.5 Å². The van der Waals surface area contributed by atoms with E-state index in [2.05, 4.69) is 15.3 Å². The Hall–Kier alpha value is -2.76. The highest BCUT2D eigenvalue weighted by molar-refractivity contribution is 6.04. The Morgan fingerprint density at radius 2 is 2.05 bits per heavy atom. The summed E-state index contributed by atoms with van der Waals surface area (Å²) in [5.41, 5.74) is 0.819. The minimum atomic E-state index is -1.18. The molecule has 2 aromatic heterocycles. The first-order chi connectivity index (χ1) is 9.06. The molecule has 0 saturated heterocycles. The first kappa shape index (κ1) is 12.7. The maximum absolute atomic E-state index is 11.9. The van der Waals surface area contributed by atoms with Crippen LogP contribution in [-0.4, -0.2) is 27.0 Å². The van der Waals surface area contributed by atoms with E-state index in [1.807, 2.05) is 13.0 Å². The van der Waals surface area contributed by atoms with E-state index < -0.39 is 11.9 Å². The summed E-state index contributed by atoms with van der Waals surface area (Å²) in [7, 11) is 0. The van der Waals surface area contributed by atoms with Crippen molar-refractivity contribution < 1.29 is 14.7 Å². The van der Waals surface area contributed by atoms with Crippen LogP contribution >= 0.6 is 0 Å². The Labute approximate surface area is 109 Å². The van der Waals surface area contributed by atoms with Crippen molar-refractivity contribution in [3.8, 4) is 0 Å². The molecule has 2 rings (SSSR count). The van der Waals surface area contributed by atoms with E-state index in [9.17, 15) is 9.59 Å². The van der Waals surface area contributed by atoms with Crippen molar-refractivity contribution in [1.29, 1.82) is 0 Å². The van der Waals surface area contributed by atoms with Gasteiger partial charge in [0.1, 0.15) is 11.5 Å². The van der Waals surface area contributed by atoms with Crippen LogP contribution in [0.5, 0.6) is 0 Å². The van der Waals surface area contributed by atoms with Gasteiger partial charge < -0.3 is 10.4 Å². The molecule has 0 saturated carbocycles. The molecule has 0 aromatic carbocycles. The van der Waals surface area contributed by atoms with Crippen molar-refractivity contribution in [1.82, 2.24) is 9.97 Å². The van der Waals surface area contributed by atoms with Crippen molar-refractivity contribution in [3.63, 3.8) is 0 Å². The second-order valence-electron chi connectivity index (χ2n) is 3.85. The molecule has 0 atom stereocenters. The number of carbonyl (C=O) groups excluding carboxylic acids is 1. The van der Waals surface area contributed by atoms with Crippen LogP contribution in [0.25, 0.3) is 0 Å². The Bertz CT molecular complexity index is 641. The SMILES string of the molecule is Cc1cccc(NC(=O)c2ccnc(C(=O)O)c2)n1. The number of nitrogens with one attached hydrogen (secondary N) is 1. The number of nitrogens with zero attached hydrogens (tertiary/aromatic N) is 2. The fraction of sp³-hybridized carbons (Fsp3) is 0.0769. The van der Waals surface area contributed by atoms with Crippen LogP contribution < -0.4 is 5.32 Å². The fourth-order valence-corrected chi connectivity index (χ4v) is 1.49. The van der Waals surface area contributed by atoms with Gasteiger partial charge in [0, 0.05) is 17.5 Å². The second-order valence-corrected chi connectivity index (χ2v) is 3.85. The summed E-state index contributed by atoms with van der Waals surface area (Å²) in [5.74, 6) is -1.19. The summed E-state index contributed by atoms with van der Waals surface area (Å²) >= 11 is 0. The molecule has 19 heavy (non-hydrogen) atoms. The minimum absolute atomic E-state index is 0.176. The van der Waals surface area contributed by atoms with E-state index in [1.54, 1.807) is 12.1 Å². The Balaban J connectivity index is 2.20. The van der Waals surface area contributed by atoms with Crippen molar-refractivity contribution >= 4 is 17.7 Å². The van der Waals surface area contributed by atoms with Crippen LogP contribution in [0.15, 0.2) is 36.5 Å². The van der Waals surface area contributed by atoms with Crippen LogP contribution in [0.2, 0.25) is 0 Å². The number of hydrogen-bond acceptors (Lipinski definition) is 4. The number of rotatable bonds is 3. The van der Waals surface area contributed by atoms with Crippen LogP contribution in [0, 0.1) is 6.92 Å². The molecule has 0 spiro atoms. The van der Waals surface area contributed by atoms with Gasteiger partial charge in [-0.3, -0.25) is 4.79 Å². The van der Waals surface area contributed by atoms with Gasteiger partial charge in [-0.1, -0.05) is 6.07 Å². The molecule has 0 fully saturated rings. The average molecular weight is 257 g/mol. The molecule has 2 aromatic rings. The zero-order chi connectivity index (χ0) is 13.8. The number of carbonyl (C=O) groups is 2. The first-order valence-corrected chi connectivity index (χ1v) is 5.50. The van der Waals surface area contributed by atoms with Gasteiger partial charge in [0.05, 0.1) is 0 Å². The van der Waals surface area contributed by atoms with E-state index in [1.165, 1.54) is 18.3 Å². The largest absolute Gasteiger partial charge is 0.477 e. The first-order valence-electron chi connectivity index (χ1n) is 5.50. The molecule has 0 aliphatic carbocycles. The standard InChI is InChI=1S/C13H11N3O3/c1-8-3-2-4-11(15-8)16-12(17)9-5-6-14-10(7-9)13(18)19/h2-7H,1H3,(H,18,19)(H,15,16,17). The number of aromatic carboxylic acids is 1. The lowest BCUT2D eigenvalue weighted by Crippen LogP contribution is -2.14. The molecule has 0 radical (unpaired) electrons. The molecular weight excluding hydrogens is 246 g/mol. The molecule has 0 bridgehead atoms. The third-order valence-electron chi connectivity index (χ3n) is 2.37. The Morgan fingerprint density at radius 1 is 1.26 bits per heavy atom. The highest BCUT2D eigenvalue weighted by atomic mass is 16.4. The van der Waals surface area contributed by atoms with E-state index in [-0.39, 0.29) is 11.3 Å². The molecule has 1 amide bonds. The molecule has 0 unspecified atom stereocenters. The summed E-state index contributed by atoms with van der Waals surface area (Å²) in [4.78, 5) is 30.5. The summed E-state index contributed by atoms with van der Waals surface area (Å²) in [6.45, 7) is 1.81. The van der Waals surface area contributed by atoms with Gasteiger partial charge in [0.15, 0.2) is 0 Å². The van der Waals surface area contributed by atoms with Gasteiger partial charge in [-0.15, -0.1) is 0 Å². The van der Waals surface area contributed by atoms with Gasteiger partial charge >= 0.3 is 5.97 Å². The molecule has 2 heterocycles. The zero-order valence-corrected chi connectivity index (χ0v) is 10.1. The lowest BCUT2D eigenvalue weighted by atomic mass is 10.2. The second kappa shape index (κ2) is 5.26. The van der Waals surface area contributed by atoms with E-state index >= 15 is 0 Å². The van der Waals surface area contributed by atoms with Crippen molar-refractivity contribution in [3.05, 3.63) is 53.5 Å². The lowest BCUT2D eigenvalue weighted by Gasteiger charge is -2.05. The molecule has 2 N–H and O–H groups in total. The number of aromatic nitrogens is 2. The summed E-state index contributed by atoms with van der Waals surface area (Å²) in [6.07, 6.45) is 1.28. The zero-order valence-electron chi connectivity index (χ0n) is 10.1. The quantitative estimate of drug-likeness (QED) is 0.873. The predicted octanol–water partition coefficient (Wildman–Crippen LogP) is 1.74. The van der Waals surface area contributed by atoms with E-state index in [0.29, 0.717) is 5.82 Å². The predicted molar refractivity (Wildman–Crippen MR) is 68.1 cm³/mol. The van der Waals surface area contributed by atoms with Crippen molar-refractivity contribution in [2.24, 2.45) is 0 Å². The number of amides is 1. The number of pyridine rings is 2. The molecule has 6 nitrogen and oxygen atoms in total. The smallest absolute Gasteiger partial charge is 0.354 e. The van der Waals surface area contributed by atoms with Gasteiger partial charge in [0.25, 0.3) is 5.91 Å². The van der Waals surface area contributed by atoms with Gasteiger partial charge in [-0.2, -0.15) is 0 Å².